The molecule has 0 saturated carbocycles. The van der Waals surface area contributed by atoms with Crippen LogP contribution in [0, 0.1) is 6.92 Å². The minimum atomic E-state index is -0.0198. The number of aryl methyl sites for hydroxylation is 1. The number of nitrogens with one attached hydrogen (secondary N) is 1. The number of benzene rings is 1. The zero-order chi connectivity index (χ0) is 14.3. The molecular weight excluding hydrogens is 240 g/mol. The van der Waals surface area contributed by atoms with Crippen molar-refractivity contribution < 1.29 is 9.59 Å². The second kappa shape index (κ2) is 7.56. The third-order valence-electron chi connectivity index (χ3n) is 2.86. The first-order chi connectivity index (χ1) is 9.04. The van der Waals surface area contributed by atoms with Crippen molar-refractivity contribution in [2.24, 2.45) is 0 Å². The topological polar surface area (TPSA) is 49.4 Å². The number of anilines is 1. The van der Waals surface area contributed by atoms with Crippen LogP contribution < -0.4 is 10.2 Å². The Morgan fingerprint density at radius 1 is 1.21 bits per heavy atom. The average Bonchev–Trinajstić information content (AvgIpc) is 2.36. The Morgan fingerprint density at radius 2 is 1.84 bits per heavy atom. The van der Waals surface area contributed by atoms with Gasteiger partial charge in [0, 0.05) is 32.1 Å². The van der Waals surface area contributed by atoms with Crippen molar-refractivity contribution in [2.75, 3.05) is 18.0 Å². The Morgan fingerprint density at radius 3 is 2.37 bits per heavy atom. The predicted octanol–water partition coefficient (Wildman–Crippen LogP) is 2.26. The molecule has 4 nitrogen and oxygen atoms in total. The van der Waals surface area contributed by atoms with E-state index in [2.05, 4.69) is 5.32 Å². The fourth-order valence-corrected chi connectivity index (χ4v) is 1.82. The first-order valence-corrected chi connectivity index (χ1v) is 6.66. The quantitative estimate of drug-likeness (QED) is 0.855. The number of hydrogen-bond donors (Lipinski definition) is 1. The Labute approximate surface area is 114 Å². The molecule has 104 valence electrons. The standard InChI is InChI=1S/C15H22N2O2/c1-4-5-15(19)16-10-11-17(13(3)18)14-8-6-12(2)7-9-14/h6-9H,4-5,10-11H2,1-3H3,(H,16,19). The summed E-state index contributed by atoms with van der Waals surface area (Å²) < 4.78 is 0. The van der Waals surface area contributed by atoms with Crippen molar-refractivity contribution >= 4 is 17.5 Å². The average molecular weight is 262 g/mol. The minimum absolute atomic E-state index is 0.0198. The lowest BCUT2D eigenvalue weighted by molar-refractivity contribution is -0.121. The molecule has 4 heteroatoms. The van der Waals surface area contributed by atoms with Crippen LogP contribution >= 0.6 is 0 Å². The fourth-order valence-electron chi connectivity index (χ4n) is 1.82. The Balaban J connectivity index is 2.57. The van der Waals surface area contributed by atoms with E-state index < -0.39 is 0 Å². The van der Waals surface area contributed by atoms with E-state index in [9.17, 15) is 9.59 Å². The van der Waals surface area contributed by atoms with Gasteiger partial charge in [0.2, 0.25) is 11.8 Å². The summed E-state index contributed by atoms with van der Waals surface area (Å²) >= 11 is 0. The maximum absolute atomic E-state index is 11.6. The largest absolute Gasteiger partial charge is 0.354 e. The summed E-state index contributed by atoms with van der Waals surface area (Å²) in [6, 6.07) is 7.79. The van der Waals surface area contributed by atoms with Crippen LogP contribution in [0.15, 0.2) is 24.3 Å². The molecule has 0 bridgehead atoms. The highest BCUT2D eigenvalue weighted by atomic mass is 16.2. The van der Waals surface area contributed by atoms with Gasteiger partial charge in [-0.2, -0.15) is 0 Å². The third-order valence-corrected chi connectivity index (χ3v) is 2.86. The van der Waals surface area contributed by atoms with Gasteiger partial charge in [-0.05, 0) is 25.5 Å². The lowest BCUT2D eigenvalue weighted by Crippen LogP contribution is -2.37. The fraction of sp³-hybridized carbons (Fsp3) is 0.467. The number of amides is 2. The monoisotopic (exact) mass is 262 g/mol. The maximum Gasteiger partial charge on any atom is 0.223 e. The molecule has 0 radical (unpaired) electrons. The van der Waals surface area contributed by atoms with Crippen molar-refractivity contribution in [1.29, 1.82) is 0 Å². The van der Waals surface area contributed by atoms with Crippen molar-refractivity contribution in [1.82, 2.24) is 5.32 Å². The van der Waals surface area contributed by atoms with Crippen LogP contribution in [0.1, 0.15) is 32.3 Å². The highest BCUT2D eigenvalue weighted by molar-refractivity contribution is 5.91. The van der Waals surface area contributed by atoms with Gasteiger partial charge in [-0.1, -0.05) is 24.6 Å². The predicted molar refractivity (Wildman–Crippen MR) is 77.1 cm³/mol. The van der Waals surface area contributed by atoms with Crippen LogP contribution in [0.3, 0.4) is 0 Å². The van der Waals surface area contributed by atoms with Crippen LogP contribution in [0.25, 0.3) is 0 Å². The smallest absolute Gasteiger partial charge is 0.223 e. The van der Waals surface area contributed by atoms with Crippen LogP contribution in [0.2, 0.25) is 0 Å². The van der Waals surface area contributed by atoms with Gasteiger partial charge >= 0.3 is 0 Å². The lowest BCUT2D eigenvalue weighted by Gasteiger charge is -2.21. The van der Waals surface area contributed by atoms with E-state index in [0.717, 1.165) is 17.7 Å². The van der Waals surface area contributed by atoms with E-state index in [-0.39, 0.29) is 11.8 Å². The van der Waals surface area contributed by atoms with Crippen LogP contribution in [0.4, 0.5) is 5.69 Å². The number of nitrogens with zero attached hydrogens (tertiary/aromatic N) is 1. The molecule has 0 atom stereocenters. The molecule has 2 amide bonds. The minimum Gasteiger partial charge on any atom is -0.354 e. The molecule has 1 aromatic carbocycles. The molecule has 0 aliphatic rings. The number of hydrogen-bond acceptors (Lipinski definition) is 2. The zero-order valence-electron chi connectivity index (χ0n) is 11.9. The molecule has 1 N–H and O–H groups in total. The van der Waals surface area contributed by atoms with Gasteiger partial charge in [0.25, 0.3) is 0 Å². The molecule has 0 fully saturated rings. The van der Waals surface area contributed by atoms with E-state index >= 15 is 0 Å². The second-order valence-electron chi connectivity index (χ2n) is 4.61. The molecule has 0 aliphatic carbocycles. The van der Waals surface area contributed by atoms with Crippen molar-refractivity contribution in [3.05, 3.63) is 29.8 Å². The molecule has 19 heavy (non-hydrogen) atoms. The van der Waals surface area contributed by atoms with Crippen molar-refractivity contribution in [3.63, 3.8) is 0 Å². The Bertz CT molecular complexity index is 426. The van der Waals surface area contributed by atoms with Gasteiger partial charge in [0.15, 0.2) is 0 Å². The van der Waals surface area contributed by atoms with Gasteiger partial charge < -0.3 is 10.2 Å². The molecule has 0 aliphatic heterocycles. The van der Waals surface area contributed by atoms with Gasteiger partial charge in [0.05, 0.1) is 0 Å². The summed E-state index contributed by atoms with van der Waals surface area (Å²) in [7, 11) is 0. The first-order valence-electron chi connectivity index (χ1n) is 6.66. The molecule has 0 spiro atoms. The summed E-state index contributed by atoms with van der Waals surface area (Å²) in [5.41, 5.74) is 2.02. The molecule has 1 rings (SSSR count). The van der Waals surface area contributed by atoms with E-state index in [0.29, 0.717) is 19.5 Å². The van der Waals surface area contributed by atoms with Gasteiger partial charge in [-0.15, -0.1) is 0 Å². The Kier molecular flexibility index (Phi) is 6.06. The molecule has 0 aromatic heterocycles. The van der Waals surface area contributed by atoms with E-state index in [1.54, 1.807) is 4.90 Å². The summed E-state index contributed by atoms with van der Waals surface area (Å²) in [5, 5.41) is 2.82. The summed E-state index contributed by atoms with van der Waals surface area (Å²) in [4.78, 5) is 24.7. The number of carbonyl (C=O) groups excluding carboxylic acids is 2. The SMILES string of the molecule is CCCC(=O)NCCN(C(C)=O)c1ccc(C)cc1. The summed E-state index contributed by atoms with van der Waals surface area (Å²) in [5.74, 6) is 0.0171. The highest BCUT2D eigenvalue weighted by Gasteiger charge is 2.11. The van der Waals surface area contributed by atoms with Gasteiger partial charge in [-0.25, -0.2) is 0 Å². The molecule has 1 aromatic rings. The van der Waals surface area contributed by atoms with Gasteiger partial charge in [-0.3, -0.25) is 9.59 Å². The van der Waals surface area contributed by atoms with Crippen molar-refractivity contribution in [3.8, 4) is 0 Å². The Hall–Kier alpha value is -1.84. The lowest BCUT2D eigenvalue weighted by atomic mass is 10.2. The van der Waals surface area contributed by atoms with Crippen molar-refractivity contribution in [2.45, 2.75) is 33.6 Å². The zero-order valence-corrected chi connectivity index (χ0v) is 11.9. The molecular formula is C15H22N2O2. The first kappa shape index (κ1) is 15.2. The van der Waals surface area contributed by atoms with Crippen LogP contribution in [0.5, 0.6) is 0 Å². The molecule has 0 unspecified atom stereocenters. The van der Waals surface area contributed by atoms with E-state index in [1.165, 1.54) is 6.92 Å². The van der Waals surface area contributed by atoms with Gasteiger partial charge in [0.1, 0.15) is 0 Å². The molecule has 0 heterocycles. The van der Waals surface area contributed by atoms with E-state index in [4.69, 9.17) is 0 Å². The van der Waals surface area contributed by atoms with Crippen LogP contribution in [-0.4, -0.2) is 24.9 Å². The normalized spacial score (nSPS) is 10.1. The van der Waals surface area contributed by atoms with Crippen LogP contribution in [-0.2, 0) is 9.59 Å². The summed E-state index contributed by atoms with van der Waals surface area (Å²) in [6.07, 6.45) is 1.37. The number of carbonyl (C=O) groups is 2. The third kappa shape index (κ3) is 5.12. The summed E-state index contributed by atoms with van der Waals surface area (Å²) in [6.45, 7) is 6.48. The highest BCUT2D eigenvalue weighted by Crippen LogP contribution is 2.14. The second-order valence-corrected chi connectivity index (χ2v) is 4.61. The molecule has 0 saturated heterocycles. The number of rotatable bonds is 6. The maximum atomic E-state index is 11.6. The van der Waals surface area contributed by atoms with E-state index in [1.807, 2.05) is 38.1 Å².